The van der Waals surface area contributed by atoms with Crippen LogP contribution in [0.15, 0.2) is 40.9 Å². The number of hydrazine groups is 1. The lowest BCUT2D eigenvalue weighted by atomic mass is 9.99. The highest BCUT2D eigenvalue weighted by Gasteiger charge is 2.18. The molecule has 0 spiro atoms. The van der Waals surface area contributed by atoms with E-state index >= 15 is 0 Å². The molecule has 0 radical (unpaired) electrons. The highest BCUT2D eigenvalue weighted by Crippen LogP contribution is 2.33. The quantitative estimate of drug-likeness (QED) is 0.652. The molecule has 0 aliphatic rings. The molecule has 6 heteroatoms. The summed E-state index contributed by atoms with van der Waals surface area (Å²) in [7, 11) is 0. The molecule has 19 heavy (non-hydrogen) atoms. The number of nitrogens with two attached hydrogens (primary N) is 1. The standard InChI is InChI=1S/C13H10BrClF2N2/c14-9-3-1-2-8(12(9)15)13(19-18)7-4-5-10(16)11(17)6-7/h1-6,13,19H,18H2. The molecule has 0 aromatic heterocycles. The number of hydrogen-bond donors (Lipinski definition) is 2. The van der Waals surface area contributed by atoms with Gasteiger partial charge in [0.25, 0.3) is 0 Å². The van der Waals surface area contributed by atoms with E-state index in [1.165, 1.54) is 6.07 Å². The maximum absolute atomic E-state index is 13.3. The Bertz CT molecular complexity index is 607. The van der Waals surface area contributed by atoms with E-state index in [2.05, 4.69) is 21.4 Å². The van der Waals surface area contributed by atoms with Crippen LogP contribution in [-0.4, -0.2) is 0 Å². The Hall–Kier alpha value is -1.01. The minimum atomic E-state index is -0.927. The molecular formula is C13H10BrClF2N2. The number of hydrogen-bond acceptors (Lipinski definition) is 2. The average Bonchev–Trinajstić information content (AvgIpc) is 2.39. The van der Waals surface area contributed by atoms with Crippen LogP contribution in [0.1, 0.15) is 17.2 Å². The Morgan fingerprint density at radius 1 is 1.16 bits per heavy atom. The SMILES string of the molecule is NNC(c1ccc(F)c(F)c1)c1cccc(Br)c1Cl. The highest BCUT2D eigenvalue weighted by atomic mass is 79.9. The van der Waals surface area contributed by atoms with E-state index in [1.54, 1.807) is 18.2 Å². The van der Waals surface area contributed by atoms with E-state index in [9.17, 15) is 8.78 Å². The minimum absolute atomic E-state index is 0.468. The molecule has 1 unspecified atom stereocenters. The normalized spacial score (nSPS) is 12.5. The van der Waals surface area contributed by atoms with Gasteiger partial charge in [-0.3, -0.25) is 5.84 Å². The molecule has 1 atom stereocenters. The molecule has 0 saturated heterocycles. The molecule has 0 aliphatic heterocycles. The van der Waals surface area contributed by atoms with E-state index in [0.717, 1.165) is 12.1 Å². The summed E-state index contributed by atoms with van der Waals surface area (Å²) in [6.45, 7) is 0. The second-order valence-electron chi connectivity index (χ2n) is 3.92. The number of halogens is 4. The molecule has 100 valence electrons. The fourth-order valence-corrected chi connectivity index (χ4v) is 2.42. The molecule has 0 aliphatic carbocycles. The van der Waals surface area contributed by atoms with Crippen molar-refractivity contribution < 1.29 is 8.78 Å². The van der Waals surface area contributed by atoms with Gasteiger partial charge in [0.1, 0.15) is 0 Å². The summed E-state index contributed by atoms with van der Waals surface area (Å²) in [4.78, 5) is 0. The Kier molecular flexibility index (Phi) is 4.52. The monoisotopic (exact) mass is 346 g/mol. The van der Waals surface area contributed by atoms with Gasteiger partial charge in [0.05, 0.1) is 11.1 Å². The molecule has 0 amide bonds. The topological polar surface area (TPSA) is 38.0 Å². The van der Waals surface area contributed by atoms with Crippen LogP contribution < -0.4 is 11.3 Å². The maximum Gasteiger partial charge on any atom is 0.159 e. The fourth-order valence-electron chi connectivity index (χ4n) is 1.80. The summed E-state index contributed by atoms with van der Waals surface area (Å²) in [5, 5.41) is 0.468. The van der Waals surface area contributed by atoms with Crippen molar-refractivity contribution in [2.45, 2.75) is 6.04 Å². The van der Waals surface area contributed by atoms with Crippen molar-refractivity contribution in [3.05, 3.63) is 68.7 Å². The highest BCUT2D eigenvalue weighted by molar-refractivity contribution is 9.10. The smallest absolute Gasteiger partial charge is 0.159 e. The van der Waals surface area contributed by atoms with Crippen LogP contribution in [0.4, 0.5) is 8.78 Å². The Morgan fingerprint density at radius 2 is 1.89 bits per heavy atom. The van der Waals surface area contributed by atoms with Gasteiger partial charge in [-0.2, -0.15) is 0 Å². The molecule has 0 saturated carbocycles. The van der Waals surface area contributed by atoms with Gasteiger partial charge in [0, 0.05) is 4.47 Å². The van der Waals surface area contributed by atoms with Crippen LogP contribution in [0.5, 0.6) is 0 Å². The van der Waals surface area contributed by atoms with Gasteiger partial charge in [-0.05, 0) is 45.3 Å². The zero-order chi connectivity index (χ0) is 14.0. The Balaban J connectivity index is 2.50. The Labute approximate surface area is 122 Å². The van der Waals surface area contributed by atoms with Gasteiger partial charge in [0.2, 0.25) is 0 Å². The van der Waals surface area contributed by atoms with Crippen LogP contribution in [0.3, 0.4) is 0 Å². The summed E-state index contributed by atoms with van der Waals surface area (Å²) < 4.78 is 26.9. The molecule has 0 heterocycles. The predicted molar refractivity (Wildman–Crippen MR) is 74.7 cm³/mol. The first kappa shape index (κ1) is 14.4. The van der Waals surface area contributed by atoms with Crippen molar-refractivity contribution in [3.8, 4) is 0 Å². The van der Waals surface area contributed by atoms with Gasteiger partial charge in [-0.25, -0.2) is 14.2 Å². The zero-order valence-electron chi connectivity index (χ0n) is 9.63. The molecule has 0 fully saturated rings. The van der Waals surface area contributed by atoms with Crippen LogP contribution in [0.25, 0.3) is 0 Å². The molecule has 2 aromatic rings. The van der Waals surface area contributed by atoms with E-state index < -0.39 is 17.7 Å². The average molecular weight is 348 g/mol. The molecule has 3 N–H and O–H groups in total. The molecule has 2 nitrogen and oxygen atoms in total. The van der Waals surface area contributed by atoms with E-state index in [1.807, 2.05) is 0 Å². The fraction of sp³-hybridized carbons (Fsp3) is 0.0769. The maximum atomic E-state index is 13.3. The lowest BCUT2D eigenvalue weighted by Crippen LogP contribution is -2.29. The van der Waals surface area contributed by atoms with Crippen LogP contribution in [-0.2, 0) is 0 Å². The van der Waals surface area contributed by atoms with Gasteiger partial charge >= 0.3 is 0 Å². The summed E-state index contributed by atoms with van der Waals surface area (Å²) in [5.74, 6) is 3.67. The second-order valence-corrected chi connectivity index (χ2v) is 5.15. The first-order valence-electron chi connectivity index (χ1n) is 5.39. The summed E-state index contributed by atoms with van der Waals surface area (Å²) in [6, 6.07) is 8.41. The van der Waals surface area contributed by atoms with Gasteiger partial charge < -0.3 is 0 Å². The molecule has 0 bridgehead atoms. The van der Waals surface area contributed by atoms with Gasteiger partial charge in [-0.15, -0.1) is 0 Å². The van der Waals surface area contributed by atoms with Crippen LogP contribution >= 0.6 is 27.5 Å². The largest absolute Gasteiger partial charge is 0.271 e. The number of nitrogens with one attached hydrogen (secondary N) is 1. The number of rotatable bonds is 3. The van der Waals surface area contributed by atoms with Crippen molar-refractivity contribution >= 4 is 27.5 Å². The lowest BCUT2D eigenvalue weighted by Gasteiger charge is -2.19. The van der Waals surface area contributed by atoms with Crippen molar-refractivity contribution in [3.63, 3.8) is 0 Å². The third kappa shape index (κ3) is 2.95. The van der Waals surface area contributed by atoms with Gasteiger partial charge in [0.15, 0.2) is 11.6 Å². The van der Waals surface area contributed by atoms with Crippen molar-refractivity contribution in [1.82, 2.24) is 5.43 Å². The number of benzene rings is 2. The Morgan fingerprint density at radius 3 is 2.53 bits per heavy atom. The predicted octanol–water partition coefficient (Wildman–Crippen LogP) is 3.93. The third-order valence-electron chi connectivity index (χ3n) is 2.74. The van der Waals surface area contributed by atoms with Gasteiger partial charge in [-0.1, -0.05) is 29.8 Å². The summed E-state index contributed by atoms with van der Waals surface area (Å²) in [6.07, 6.45) is 0. The minimum Gasteiger partial charge on any atom is -0.271 e. The first-order chi connectivity index (χ1) is 9.04. The van der Waals surface area contributed by atoms with E-state index in [0.29, 0.717) is 20.6 Å². The van der Waals surface area contributed by atoms with Crippen molar-refractivity contribution in [2.24, 2.45) is 5.84 Å². The second kappa shape index (κ2) is 5.96. The van der Waals surface area contributed by atoms with Crippen molar-refractivity contribution in [1.29, 1.82) is 0 Å². The van der Waals surface area contributed by atoms with E-state index in [-0.39, 0.29) is 0 Å². The third-order valence-corrected chi connectivity index (χ3v) is 4.05. The summed E-state index contributed by atoms with van der Waals surface area (Å²) in [5.41, 5.74) is 3.71. The van der Waals surface area contributed by atoms with E-state index in [4.69, 9.17) is 17.4 Å². The summed E-state index contributed by atoms with van der Waals surface area (Å²) >= 11 is 9.48. The molecular weight excluding hydrogens is 338 g/mol. The molecule has 2 rings (SSSR count). The van der Waals surface area contributed by atoms with Crippen molar-refractivity contribution in [2.75, 3.05) is 0 Å². The molecule has 2 aromatic carbocycles. The van der Waals surface area contributed by atoms with Crippen LogP contribution in [0, 0.1) is 11.6 Å². The zero-order valence-corrected chi connectivity index (χ0v) is 12.0. The lowest BCUT2D eigenvalue weighted by molar-refractivity contribution is 0.504. The first-order valence-corrected chi connectivity index (χ1v) is 6.56. The van der Waals surface area contributed by atoms with Crippen LogP contribution in [0.2, 0.25) is 5.02 Å².